The van der Waals surface area contributed by atoms with Gasteiger partial charge in [-0.3, -0.25) is 0 Å². The highest BCUT2D eigenvalue weighted by atomic mass is 35.5. The number of aryl methyl sites for hydroxylation is 1. The summed E-state index contributed by atoms with van der Waals surface area (Å²) in [7, 11) is 4.28. The molecule has 1 aromatic rings. The van der Waals surface area contributed by atoms with Crippen LogP contribution in [0.4, 0.5) is 5.69 Å². The molecule has 0 radical (unpaired) electrons. The topological polar surface area (TPSA) is 15.3 Å². The molecule has 18 heavy (non-hydrogen) atoms. The van der Waals surface area contributed by atoms with E-state index < -0.39 is 0 Å². The molecule has 0 saturated heterocycles. The van der Waals surface area contributed by atoms with Crippen molar-refractivity contribution in [1.29, 1.82) is 0 Å². The third kappa shape index (κ3) is 2.99. The quantitative estimate of drug-likeness (QED) is 0.899. The minimum Gasteiger partial charge on any atom is -0.371 e. The zero-order valence-corrected chi connectivity index (χ0v) is 12.3. The number of anilines is 1. The van der Waals surface area contributed by atoms with Crippen LogP contribution < -0.4 is 10.2 Å². The van der Waals surface area contributed by atoms with Gasteiger partial charge in [-0.15, -0.1) is 0 Å². The van der Waals surface area contributed by atoms with Crippen molar-refractivity contribution in [3.8, 4) is 0 Å². The molecule has 2 rings (SSSR count). The summed E-state index contributed by atoms with van der Waals surface area (Å²) in [5.41, 5.74) is 2.58. The maximum atomic E-state index is 6.02. The Morgan fingerprint density at radius 3 is 2.44 bits per heavy atom. The third-order valence-corrected chi connectivity index (χ3v) is 4.43. The minimum absolute atomic E-state index is 0.662. The Morgan fingerprint density at radius 2 is 1.89 bits per heavy atom. The monoisotopic (exact) mass is 266 g/mol. The van der Waals surface area contributed by atoms with Gasteiger partial charge in [0.25, 0.3) is 0 Å². The van der Waals surface area contributed by atoms with E-state index in [2.05, 4.69) is 37.3 Å². The highest BCUT2D eigenvalue weighted by Gasteiger charge is 2.23. The second-order valence-corrected chi connectivity index (χ2v) is 5.77. The van der Waals surface area contributed by atoms with E-state index in [1.165, 1.54) is 36.9 Å². The number of nitrogens with zero attached hydrogens (tertiary/aromatic N) is 1. The normalized spacial score (nSPS) is 24.0. The molecule has 1 saturated carbocycles. The molecule has 0 aromatic heterocycles. The van der Waals surface area contributed by atoms with Gasteiger partial charge in [0.05, 0.1) is 0 Å². The summed E-state index contributed by atoms with van der Waals surface area (Å²) in [4.78, 5) is 2.43. The van der Waals surface area contributed by atoms with E-state index >= 15 is 0 Å². The standard InChI is InChI=1S/C15H23ClN2/c1-11-10-12(16)4-9-15(11)18(3)14-7-5-13(17-2)6-8-14/h4,9-10,13-14,17H,5-8H2,1-3H3. The average Bonchev–Trinajstić information content (AvgIpc) is 2.38. The molecule has 0 aliphatic heterocycles. The van der Waals surface area contributed by atoms with E-state index in [1.54, 1.807) is 0 Å². The molecule has 100 valence electrons. The van der Waals surface area contributed by atoms with Crippen molar-refractivity contribution in [3.05, 3.63) is 28.8 Å². The predicted molar refractivity (Wildman–Crippen MR) is 79.7 cm³/mol. The van der Waals surface area contributed by atoms with Crippen LogP contribution >= 0.6 is 11.6 Å². The predicted octanol–water partition coefficient (Wildman–Crippen LogP) is 3.62. The van der Waals surface area contributed by atoms with Gasteiger partial charge in [-0.05, 0) is 63.4 Å². The van der Waals surface area contributed by atoms with Gasteiger partial charge in [-0.25, -0.2) is 0 Å². The van der Waals surface area contributed by atoms with Crippen molar-refractivity contribution in [2.45, 2.75) is 44.7 Å². The Morgan fingerprint density at radius 1 is 1.22 bits per heavy atom. The van der Waals surface area contributed by atoms with E-state index in [0.29, 0.717) is 12.1 Å². The van der Waals surface area contributed by atoms with Crippen LogP contribution in [-0.4, -0.2) is 26.2 Å². The number of hydrogen-bond acceptors (Lipinski definition) is 2. The lowest BCUT2D eigenvalue weighted by Gasteiger charge is -2.36. The van der Waals surface area contributed by atoms with Gasteiger partial charge in [0.1, 0.15) is 0 Å². The molecular weight excluding hydrogens is 244 g/mol. The molecule has 1 aliphatic rings. The van der Waals surface area contributed by atoms with Gasteiger partial charge < -0.3 is 10.2 Å². The number of nitrogens with one attached hydrogen (secondary N) is 1. The maximum Gasteiger partial charge on any atom is 0.0410 e. The summed E-state index contributed by atoms with van der Waals surface area (Å²) in [6.45, 7) is 2.14. The van der Waals surface area contributed by atoms with E-state index in [1.807, 2.05) is 12.1 Å². The molecule has 2 nitrogen and oxygen atoms in total. The molecule has 3 heteroatoms. The molecule has 0 bridgehead atoms. The number of rotatable bonds is 3. The van der Waals surface area contributed by atoms with Gasteiger partial charge >= 0.3 is 0 Å². The second kappa shape index (κ2) is 5.94. The summed E-state index contributed by atoms with van der Waals surface area (Å²) in [5.74, 6) is 0. The third-order valence-electron chi connectivity index (χ3n) is 4.19. The van der Waals surface area contributed by atoms with E-state index in [-0.39, 0.29) is 0 Å². The van der Waals surface area contributed by atoms with Gasteiger partial charge in [0.2, 0.25) is 0 Å². The van der Waals surface area contributed by atoms with Gasteiger partial charge in [-0.1, -0.05) is 11.6 Å². The summed E-state index contributed by atoms with van der Waals surface area (Å²) in [5, 5.41) is 4.21. The zero-order valence-electron chi connectivity index (χ0n) is 11.5. The lowest BCUT2D eigenvalue weighted by Crippen LogP contribution is -2.40. The van der Waals surface area contributed by atoms with Gasteiger partial charge in [0.15, 0.2) is 0 Å². The first-order valence-corrected chi connectivity index (χ1v) is 7.16. The van der Waals surface area contributed by atoms with Crippen LogP contribution in [0.25, 0.3) is 0 Å². The Labute approximate surface area is 115 Å². The zero-order chi connectivity index (χ0) is 13.1. The van der Waals surface area contributed by atoms with Crippen LogP contribution in [-0.2, 0) is 0 Å². The second-order valence-electron chi connectivity index (χ2n) is 5.34. The fourth-order valence-electron chi connectivity index (χ4n) is 2.96. The fraction of sp³-hybridized carbons (Fsp3) is 0.600. The molecule has 1 fully saturated rings. The molecule has 1 aliphatic carbocycles. The molecule has 1 aromatic carbocycles. The van der Waals surface area contributed by atoms with E-state index in [4.69, 9.17) is 11.6 Å². The highest BCUT2D eigenvalue weighted by Crippen LogP contribution is 2.29. The van der Waals surface area contributed by atoms with Gasteiger partial charge in [0, 0.05) is 29.8 Å². The van der Waals surface area contributed by atoms with Crippen molar-refractivity contribution in [3.63, 3.8) is 0 Å². The Bertz CT molecular complexity index is 397. The van der Waals surface area contributed by atoms with Crippen molar-refractivity contribution in [2.75, 3.05) is 19.0 Å². The average molecular weight is 267 g/mol. The fourth-order valence-corrected chi connectivity index (χ4v) is 3.19. The summed E-state index contributed by atoms with van der Waals surface area (Å²) >= 11 is 6.02. The van der Waals surface area contributed by atoms with Gasteiger partial charge in [-0.2, -0.15) is 0 Å². The summed E-state index contributed by atoms with van der Waals surface area (Å²) < 4.78 is 0. The lowest BCUT2D eigenvalue weighted by molar-refractivity contribution is 0.351. The highest BCUT2D eigenvalue weighted by molar-refractivity contribution is 6.30. The SMILES string of the molecule is CNC1CCC(N(C)c2ccc(Cl)cc2C)CC1. The van der Waals surface area contributed by atoms with Crippen LogP contribution in [0.2, 0.25) is 5.02 Å². The summed E-state index contributed by atoms with van der Waals surface area (Å²) in [6.07, 6.45) is 5.09. The first-order valence-electron chi connectivity index (χ1n) is 6.78. The van der Waals surface area contributed by atoms with Crippen molar-refractivity contribution >= 4 is 17.3 Å². The minimum atomic E-state index is 0.662. The Kier molecular flexibility index (Phi) is 4.52. The van der Waals surface area contributed by atoms with Crippen molar-refractivity contribution in [2.24, 2.45) is 0 Å². The molecule has 0 heterocycles. The molecule has 0 atom stereocenters. The largest absolute Gasteiger partial charge is 0.371 e. The number of hydrogen-bond donors (Lipinski definition) is 1. The molecule has 0 unspecified atom stereocenters. The molecule has 1 N–H and O–H groups in total. The lowest BCUT2D eigenvalue weighted by atomic mass is 9.90. The summed E-state index contributed by atoms with van der Waals surface area (Å²) in [6, 6.07) is 7.55. The number of benzene rings is 1. The number of halogens is 1. The van der Waals surface area contributed by atoms with Crippen LogP contribution in [0.5, 0.6) is 0 Å². The first-order chi connectivity index (χ1) is 8.61. The van der Waals surface area contributed by atoms with E-state index in [0.717, 1.165) is 5.02 Å². The first kappa shape index (κ1) is 13.7. The smallest absolute Gasteiger partial charge is 0.0410 e. The van der Waals surface area contributed by atoms with E-state index in [9.17, 15) is 0 Å². The van der Waals surface area contributed by atoms with Crippen LogP contribution in [0, 0.1) is 6.92 Å². The maximum absolute atomic E-state index is 6.02. The molecule has 0 spiro atoms. The van der Waals surface area contributed by atoms with Crippen molar-refractivity contribution < 1.29 is 0 Å². The van der Waals surface area contributed by atoms with Crippen LogP contribution in [0.15, 0.2) is 18.2 Å². The molecule has 0 amide bonds. The van der Waals surface area contributed by atoms with Crippen LogP contribution in [0.3, 0.4) is 0 Å². The van der Waals surface area contributed by atoms with Crippen LogP contribution in [0.1, 0.15) is 31.2 Å². The van der Waals surface area contributed by atoms with Crippen molar-refractivity contribution in [1.82, 2.24) is 5.32 Å². The molecular formula is C15H23ClN2. The Hall–Kier alpha value is -0.730. The Balaban J connectivity index is 2.05.